The van der Waals surface area contributed by atoms with Crippen molar-refractivity contribution in [3.05, 3.63) is 59.4 Å². The molecule has 2 aromatic carbocycles. The highest BCUT2D eigenvalue weighted by Crippen LogP contribution is 2.21. The van der Waals surface area contributed by atoms with Crippen molar-refractivity contribution in [1.29, 1.82) is 0 Å². The van der Waals surface area contributed by atoms with Crippen LogP contribution in [0.5, 0.6) is 0 Å². The Kier molecular flexibility index (Phi) is 5.78. The largest absolute Gasteiger partial charge is 0.346 e. The molecule has 3 rings (SSSR count). The summed E-state index contributed by atoms with van der Waals surface area (Å²) in [4.78, 5) is 1.93. The second-order valence-corrected chi connectivity index (χ2v) is 8.85. The van der Waals surface area contributed by atoms with Gasteiger partial charge in [0.15, 0.2) is 5.11 Å². The Bertz CT molecular complexity index is 955. The predicted molar refractivity (Wildman–Crippen MR) is 109 cm³/mol. The average molecular weight is 408 g/mol. The van der Waals surface area contributed by atoms with Crippen LogP contribution in [0.2, 0.25) is 0 Å². The molecule has 0 spiro atoms. The average Bonchev–Trinajstić information content (AvgIpc) is 2.65. The Labute approximate surface area is 164 Å². The van der Waals surface area contributed by atoms with Crippen molar-refractivity contribution >= 4 is 33.0 Å². The van der Waals surface area contributed by atoms with Crippen LogP contribution in [0.15, 0.2) is 47.4 Å². The molecular formula is C19H22FN3O2S2. The number of benzene rings is 2. The van der Waals surface area contributed by atoms with E-state index >= 15 is 0 Å². The van der Waals surface area contributed by atoms with Crippen molar-refractivity contribution in [3.63, 3.8) is 0 Å². The van der Waals surface area contributed by atoms with Crippen LogP contribution >= 0.6 is 12.2 Å². The molecule has 144 valence electrons. The lowest BCUT2D eigenvalue weighted by atomic mass is 10.1. The third-order valence-electron chi connectivity index (χ3n) is 4.81. The van der Waals surface area contributed by atoms with Gasteiger partial charge in [-0.25, -0.2) is 12.8 Å². The zero-order chi connectivity index (χ0) is 19.6. The molecule has 0 unspecified atom stereocenters. The van der Waals surface area contributed by atoms with E-state index in [4.69, 9.17) is 12.2 Å². The van der Waals surface area contributed by atoms with Crippen molar-refractivity contribution in [1.82, 2.24) is 9.21 Å². The van der Waals surface area contributed by atoms with Crippen LogP contribution in [0.25, 0.3) is 0 Å². The summed E-state index contributed by atoms with van der Waals surface area (Å²) >= 11 is 5.50. The molecule has 0 bridgehead atoms. The normalized spacial score (nSPS) is 15.6. The van der Waals surface area contributed by atoms with Crippen LogP contribution in [-0.2, 0) is 10.0 Å². The molecule has 0 amide bonds. The minimum atomic E-state index is -3.70. The second kappa shape index (κ2) is 7.92. The van der Waals surface area contributed by atoms with Gasteiger partial charge in [0, 0.05) is 31.9 Å². The lowest BCUT2D eigenvalue weighted by Crippen LogP contribution is -2.51. The molecule has 27 heavy (non-hydrogen) atoms. The number of sulfonamides is 1. The van der Waals surface area contributed by atoms with Crippen LogP contribution in [0.4, 0.5) is 10.1 Å². The SMILES string of the molecule is Cc1cccc(NC(=S)N2CCN(S(=O)(=O)c3cccc(F)c3)CC2)c1C. The van der Waals surface area contributed by atoms with Crippen molar-refractivity contribution in [3.8, 4) is 0 Å². The van der Waals surface area contributed by atoms with Crippen LogP contribution in [0.3, 0.4) is 0 Å². The van der Waals surface area contributed by atoms with Crippen LogP contribution < -0.4 is 5.32 Å². The molecule has 0 radical (unpaired) electrons. The molecule has 5 nitrogen and oxygen atoms in total. The summed E-state index contributed by atoms with van der Waals surface area (Å²) in [6.07, 6.45) is 0. The van der Waals surface area contributed by atoms with Crippen molar-refractivity contribution in [2.24, 2.45) is 0 Å². The van der Waals surface area contributed by atoms with Gasteiger partial charge in [-0.2, -0.15) is 4.31 Å². The number of hydrogen-bond acceptors (Lipinski definition) is 3. The topological polar surface area (TPSA) is 52.6 Å². The van der Waals surface area contributed by atoms with E-state index in [9.17, 15) is 12.8 Å². The van der Waals surface area contributed by atoms with E-state index in [1.165, 1.54) is 28.1 Å². The number of thiocarbonyl (C=S) groups is 1. The van der Waals surface area contributed by atoms with Crippen LogP contribution in [0, 0.1) is 19.7 Å². The number of aryl methyl sites for hydroxylation is 1. The van der Waals surface area contributed by atoms with E-state index < -0.39 is 15.8 Å². The number of hydrogen-bond donors (Lipinski definition) is 1. The summed E-state index contributed by atoms with van der Waals surface area (Å²) in [6.45, 7) is 5.63. The van der Waals surface area contributed by atoms with Crippen LogP contribution in [0.1, 0.15) is 11.1 Å². The Morgan fingerprint density at radius 2 is 1.74 bits per heavy atom. The molecule has 1 aliphatic rings. The van der Waals surface area contributed by atoms with Gasteiger partial charge in [-0.05, 0) is 61.5 Å². The molecule has 1 aliphatic heterocycles. The molecule has 1 fully saturated rings. The van der Waals surface area contributed by atoms with Gasteiger partial charge in [-0.1, -0.05) is 18.2 Å². The molecule has 0 atom stereocenters. The summed E-state index contributed by atoms with van der Waals surface area (Å²) in [5.74, 6) is -0.561. The molecule has 1 N–H and O–H groups in total. The maximum atomic E-state index is 13.4. The molecule has 8 heteroatoms. The first-order valence-corrected chi connectivity index (χ1v) is 10.5. The van der Waals surface area contributed by atoms with Gasteiger partial charge in [-0.3, -0.25) is 0 Å². The van der Waals surface area contributed by atoms with Crippen molar-refractivity contribution in [2.75, 3.05) is 31.5 Å². The van der Waals surface area contributed by atoms with Gasteiger partial charge in [0.1, 0.15) is 5.82 Å². The number of halogens is 1. The first-order valence-electron chi connectivity index (χ1n) is 8.67. The third-order valence-corrected chi connectivity index (χ3v) is 7.06. The quantitative estimate of drug-likeness (QED) is 0.793. The number of nitrogens with one attached hydrogen (secondary N) is 1. The molecule has 1 heterocycles. The highest BCUT2D eigenvalue weighted by atomic mass is 32.2. The first kappa shape index (κ1) is 19.7. The molecular weight excluding hydrogens is 385 g/mol. The fourth-order valence-electron chi connectivity index (χ4n) is 2.99. The monoisotopic (exact) mass is 407 g/mol. The third kappa shape index (κ3) is 4.28. The Hall–Kier alpha value is -2.03. The Morgan fingerprint density at radius 1 is 1.07 bits per heavy atom. The lowest BCUT2D eigenvalue weighted by Gasteiger charge is -2.35. The first-order chi connectivity index (χ1) is 12.8. The van der Waals surface area contributed by atoms with E-state index in [0.29, 0.717) is 31.3 Å². The predicted octanol–water partition coefficient (Wildman–Crippen LogP) is 3.15. The second-order valence-electron chi connectivity index (χ2n) is 6.53. The summed E-state index contributed by atoms with van der Waals surface area (Å²) in [5.41, 5.74) is 3.26. The van der Waals surface area contributed by atoms with E-state index in [1.54, 1.807) is 0 Å². The number of nitrogens with zero attached hydrogens (tertiary/aromatic N) is 2. The minimum Gasteiger partial charge on any atom is -0.346 e. The number of piperazine rings is 1. The number of rotatable bonds is 3. The van der Waals surface area contributed by atoms with E-state index in [0.717, 1.165) is 17.3 Å². The summed E-state index contributed by atoms with van der Waals surface area (Å²) in [6, 6.07) is 11.1. The Morgan fingerprint density at radius 3 is 2.41 bits per heavy atom. The molecule has 0 aliphatic carbocycles. The van der Waals surface area contributed by atoms with Gasteiger partial charge in [-0.15, -0.1) is 0 Å². The highest BCUT2D eigenvalue weighted by molar-refractivity contribution is 7.89. The standard InChI is InChI=1S/C19H22FN3O2S2/c1-14-5-3-8-18(15(14)2)21-19(26)22-9-11-23(12-10-22)27(24,25)17-7-4-6-16(20)13-17/h3-8,13H,9-12H2,1-2H3,(H,21,26). The van der Waals surface area contributed by atoms with E-state index in [2.05, 4.69) is 5.32 Å². The van der Waals surface area contributed by atoms with Crippen LogP contribution in [-0.4, -0.2) is 48.9 Å². The maximum Gasteiger partial charge on any atom is 0.243 e. The summed E-state index contributed by atoms with van der Waals surface area (Å²) < 4.78 is 40.1. The van der Waals surface area contributed by atoms with Gasteiger partial charge in [0.25, 0.3) is 0 Å². The van der Waals surface area contributed by atoms with Gasteiger partial charge < -0.3 is 10.2 Å². The van der Waals surface area contributed by atoms with Crippen molar-refractivity contribution in [2.45, 2.75) is 18.7 Å². The minimum absolute atomic E-state index is 0.0213. The maximum absolute atomic E-state index is 13.4. The van der Waals surface area contributed by atoms with Gasteiger partial charge >= 0.3 is 0 Å². The molecule has 2 aromatic rings. The molecule has 0 saturated carbocycles. The highest BCUT2D eigenvalue weighted by Gasteiger charge is 2.29. The summed E-state index contributed by atoms with van der Waals surface area (Å²) in [7, 11) is -3.70. The smallest absolute Gasteiger partial charge is 0.243 e. The zero-order valence-corrected chi connectivity index (χ0v) is 16.9. The Balaban J connectivity index is 1.64. The van der Waals surface area contributed by atoms with Crippen molar-refractivity contribution < 1.29 is 12.8 Å². The summed E-state index contributed by atoms with van der Waals surface area (Å²) in [5, 5.41) is 3.83. The molecule has 1 saturated heterocycles. The fraction of sp³-hybridized carbons (Fsp3) is 0.316. The van der Waals surface area contributed by atoms with E-state index in [1.807, 2.05) is 36.9 Å². The van der Waals surface area contributed by atoms with E-state index in [-0.39, 0.29) is 4.90 Å². The lowest BCUT2D eigenvalue weighted by molar-refractivity contribution is 0.268. The zero-order valence-electron chi connectivity index (χ0n) is 15.3. The fourth-order valence-corrected chi connectivity index (χ4v) is 4.74. The molecule has 0 aromatic heterocycles. The van der Waals surface area contributed by atoms with Gasteiger partial charge in [0.05, 0.1) is 4.90 Å². The number of anilines is 1. The van der Waals surface area contributed by atoms with Gasteiger partial charge in [0.2, 0.25) is 10.0 Å².